The number of aliphatic hydroxyl groups excluding tert-OH is 1. The van der Waals surface area contributed by atoms with Gasteiger partial charge in [0.2, 0.25) is 0 Å². The summed E-state index contributed by atoms with van der Waals surface area (Å²) in [5.74, 6) is -2.08. The summed E-state index contributed by atoms with van der Waals surface area (Å²) in [6.07, 6.45) is 7.84. The van der Waals surface area contributed by atoms with Gasteiger partial charge < -0.3 is 15.1 Å². The Labute approximate surface area is 200 Å². The molecule has 2 N–H and O–H groups in total. The van der Waals surface area contributed by atoms with E-state index in [0.29, 0.717) is 12.1 Å². The average molecular weight is 464 g/mol. The number of benzene rings is 2. The van der Waals surface area contributed by atoms with Crippen LogP contribution in [0.25, 0.3) is 5.76 Å². The van der Waals surface area contributed by atoms with Gasteiger partial charge in [-0.15, -0.1) is 0 Å². The Kier molecular flexibility index (Phi) is 9.44. The SMILES string of the molecule is O=C(O)CCCCCCCCCCN1C(=O)C(=O)/C(=C(\O)c2ccccc2)C1c1ccccc1. The number of rotatable bonds is 13. The number of carbonyl (C=O) groups is 3. The number of aliphatic hydroxyl groups is 1. The number of hydrogen-bond acceptors (Lipinski definition) is 4. The molecule has 1 atom stereocenters. The molecule has 1 unspecified atom stereocenters. The van der Waals surface area contributed by atoms with E-state index < -0.39 is 23.7 Å². The molecular weight excluding hydrogens is 430 g/mol. The lowest BCUT2D eigenvalue weighted by Gasteiger charge is -2.25. The van der Waals surface area contributed by atoms with E-state index in [1.807, 2.05) is 36.4 Å². The molecule has 0 radical (unpaired) electrons. The number of aliphatic carboxylic acids is 1. The molecule has 2 aromatic carbocycles. The van der Waals surface area contributed by atoms with Gasteiger partial charge in [0.1, 0.15) is 5.76 Å². The van der Waals surface area contributed by atoms with Gasteiger partial charge in [0, 0.05) is 18.5 Å². The van der Waals surface area contributed by atoms with Crippen LogP contribution < -0.4 is 0 Å². The number of carbonyl (C=O) groups excluding carboxylic acids is 2. The zero-order valence-electron chi connectivity index (χ0n) is 19.5. The van der Waals surface area contributed by atoms with Crippen LogP contribution in [-0.4, -0.2) is 39.3 Å². The Balaban J connectivity index is 1.62. The predicted molar refractivity (Wildman–Crippen MR) is 131 cm³/mol. The third-order valence-electron chi connectivity index (χ3n) is 6.24. The fourth-order valence-electron chi connectivity index (χ4n) is 4.46. The van der Waals surface area contributed by atoms with Gasteiger partial charge >= 0.3 is 5.97 Å². The van der Waals surface area contributed by atoms with E-state index in [0.717, 1.165) is 56.9 Å². The summed E-state index contributed by atoms with van der Waals surface area (Å²) in [5, 5.41) is 19.6. The largest absolute Gasteiger partial charge is 0.507 e. The molecule has 3 rings (SSSR count). The first-order valence-electron chi connectivity index (χ1n) is 12.1. The van der Waals surface area contributed by atoms with Gasteiger partial charge in [-0.2, -0.15) is 0 Å². The zero-order chi connectivity index (χ0) is 24.3. The number of amides is 1. The number of carboxylic acids is 1. The zero-order valence-corrected chi connectivity index (χ0v) is 19.5. The molecule has 1 aliphatic heterocycles. The Morgan fingerprint density at radius 2 is 1.26 bits per heavy atom. The van der Waals surface area contributed by atoms with Crippen molar-refractivity contribution in [2.45, 2.75) is 63.8 Å². The molecule has 34 heavy (non-hydrogen) atoms. The fourth-order valence-corrected chi connectivity index (χ4v) is 4.46. The highest BCUT2D eigenvalue weighted by molar-refractivity contribution is 6.46. The summed E-state index contributed by atoms with van der Waals surface area (Å²) in [6.45, 7) is 0.453. The van der Waals surface area contributed by atoms with Crippen molar-refractivity contribution in [2.24, 2.45) is 0 Å². The molecule has 180 valence electrons. The van der Waals surface area contributed by atoms with Crippen molar-refractivity contribution < 1.29 is 24.6 Å². The summed E-state index contributed by atoms with van der Waals surface area (Å²) in [7, 11) is 0. The molecule has 1 fully saturated rings. The van der Waals surface area contributed by atoms with Crippen molar-refractivity contribution in [3.8, 4) is 0 Å². The van der Waals surface area contributed by atoms with Crippen molar-refractivity contribution in [1.29, 1.82) is 0 Å². The lowest BCUT2D eigenvalue weighted by atomic mass is 9.95. The van der Waals surface area contributed by atoms with Crippen molar-refractivity contribution in [3.63, 3.8) is 0 Å². The molecule has 0 spiro atoms. The minimum Gasteiger partial charge on any atom is -0.507 e. The van der Waals surface area contributed by atoms with Gasteiger partial charge in [0.05, 0.1) is 11.6 Å². The second-order valence-corrected chi connectivity index (χ2v) is 8.74. The van der Waals surface area contributed by atoms with Gasteiger partial charge in [-0.1, -0.05) is 99.2 Å². The predicted octanol–water partition coefficient (Wildman–Crippen LogP) is 5.70. The van der Waals surface area contributed by atoms with Gasteiger partial charge in [-0.3, -0.25) is 14.4 Å². The lowest BCUT2D eigenvalue weighted by Crippen LogP contribution is -2.30. The summed E-state index contributed by atoms with van der Waals surface area (Å²) in [6, 6.07) is 17.6. The minimum absolute atomic E-state index is 0.141. The van der Waals surface area contributed by atoms with E-state index in [1.165, 1.54) is 0 Å². The first kappa shape index (κ1) is 25.2. The molecule has 0 saturated carbocycles. The van der Waals surface area contributed by atoms with Crippen LogP contribution in [0.2, 0.25) is 0 Å². The van der Waals surface area contributed by atoms with Crippen LogP contribution in [0.3, 0.4) is 0 Å². The molecule has 6 heteroatoms. The Hall–Kier alpha value is -3.41. The topological polar surface area (TPSA) is 94.9 Å². The maximum absolute atomic E-state index is 13.0. The van der Waals surface area contributed by atoms with Crippen molar-refractivity contribution in [2.75, 3.05) is 6.54 Å². The van der Waals surface area contributed by atoms with Gasteiger partial charge in [-0.05, 0) is 18.4 Å². The third kappa shape index (κ3) is 6.56. The van der Waals surface area contributed by atoms with Crippen LogP contribution in [-0.2, 0) is 14.4 Å². The van der Waals surface area contributed by atoms with E-state index in [2.05, 4.69) is 0 Å². The van der Waals surface area contributed by atoms with Crippen molar-refractivity contribution in [3.05, 3.63) is 77.4 Å². The van der Waals surface area contributed by atoms with Crippen molar-refractivity contribution >= 4 is 23.4 Å². The fraction of sp³-hybridized carbons (Fsp3) is 0.393. The molecule has 2 aromatic rings. The van der Waals surface area contributed by atoms with Crippen LogP contribution in [0, 0.1) is 0 Å². The third-order valence-corrected chi connectivity index (χ3v) is 6.24. The monoisotopic (exact) mass is 463 g/mol. The van der Waals surface area contributed by atoms with E-state index in [1.54, 1.807) is 29.2 Å². The van der Waals surface area contributed by atoms with Crippen LogP contribution in [0.15, 0.2) is 66.2 Å². The Morgan fingerprint density at radius 3 is 1.85 bits per heavy atom. The maximum Gasteiger partial charge on any atom is 0.303 e. The smallest absolute Gasteiger partial charge is 0.303 e. The van der Waals surface area contributed by atoms with E-state index in [4.69, 9.17) is 5.11 Å². The lowest BCUT2D eigenvalue weighted by molar-refractivity contribution is -0.140. The first-order chi connectivity index (χ1) is 16.5. The molecule has 0 aromatic heterocycles. The van der Waals surface area contributed by atoms with Gasteiger partial charge in [0.25, 0.3) is 11.7 Å². The molecule has 1 heterocycles. The van der Waals surface area contributed by atoms with Crippen LogP contribution in [0.5, 0.6) is 0 Å². The highest BCUT2D eigenvalue weighted by Gasteiger charge is 2.45. The quantitative estimate of drug-likeness (QED) is 0.172. The minimum atomic E-state index is -0.737. The Morgan fingerprint density at radius 1 is 0.735 bits per heavy atom. The van der Waals surface area contributed by atoms with E-state index in [-0.39, 0.29) is 17.8 Å². The summed E-state index contributed by atoms with van der Waals surface area (Å²) >= 11 is 0. The summed E-state index contributed by atoms with van der Waals surface area (Å²) < 4.78 is 0. The maximum atomic E-state index is 13.0. The summed E-state index contributed by atoms with van der Waals surface area (Å²) in [5.41, 5.74) is 1.47. The molecule has 6 nitrogen and oxygen atoms in total. The average Bonchev–Trinajstić information content (AvgIpc) is 3.10. The van der Waals surface area contributed by atoms with Crippen LogP contribution in [0.4, 0.5) is 0 Å². The number of likely N-dealkylation sites (tertiary alicyclic amines) is 1. The van der Waals surface area contributed by atoms with Crippen molar-refractivity contribution in [1.82, 2.24) is 4.90 Å². The second-order valence-electron chi connectivity index (χ2n) is 8.74. The number of ketones is 1. The number of unbranched alkanes of at least 4 members (excludes halogenated alkanes) is 7. The molecule has 1 saturated heterocycles. The van der Waals surface area contributed by atoms with E-state index in [9.17, 15) is 19.5 Å². The summed E-state index contributed by atoms with van der Waals surface area (Å²) in [4.78, 5) is 38.0. The normalized spacial score (nSPS) is 17.3. The number of hydrogen-bond donors (Lipinski definition) is 2. The molecule has 0 aliphatic carbocycles. The van der Waals surface area contributed by atoms with Crippen LogP contribution in [0.1, 0.15) is 75.0 Å². The second kappa shape index (κ2) is 12.7. The molecule has 0 bridgehead atoms. The standard InChI is InChI=1S/C28H33NO5/c30-23(31)19-13-5-3-1-2-4-6-14-20-29-25(21-15-9-7-10-16-21)24(27(33)28(29)34)26(32)22-17-11-8-12-18-22/h7-12,15-18,25,32H,1-6,13-14,19-20H2,(H,30,31)/b26-24-. The highest BCUT2D eigenvalue weighted by atomic mass is 16.4. The van der Waals surface area contributed by atoms with Gasteiger partial charge in [0.15, 0.2) is 0 Å². The highest BCUT2D eigenvalue weighted by Crippen LogP contribution is 2.39. The number of Topliss-reactive ketones (excluding diaryl/α,β-unsaturated/α-hetero) is 1. The molecule has 1 aliphatic rings. The Bertz CT molecular complexity index is 1000. The van der Waals surface area contributed by atoms with Gasteiger partial charge in [-0.25, -0.2) is 0 Å². The first-order valence-corrected chi connectivity index (χ1v) is 12.1. The van der Waals surface area contributed by atoms with Crippen LogP contribution >= 0.6 is 0 Å². The number of carboxylic acid groups (broad SMARTS) is 1. The molecule has 1 amide bonds. The molecular formula is C28H33NO5. The van der Waals surface area contributed by atoms with E-state index >= 15 is 0 Å². The number of nitrogens with zero attached hydrogens (tertiary/aromatic N) is 1.